The molecule has 0 amide bonds. The first-order chi connectivity index (χ1) is 8.67. The first-order valence-electron chi connectivity index (χ1n) is 5.82. The quantitative estimate of drug-likeness (QED) is 0.745. The molecule has 0 aliphatic heterocycles. The van der Waals surface area contributed by atoms with Gasteiger partial charge in [-0.15, -0.1) is 0 Å². The van der Waals surface area contributed by atoms with Crippen molar-refractivity contribution >= 4 is 15.9 Å². The third-order valence-corrected chi connectivity index (χ3v) is 3.27. The van der Waals surface area contributed by atoms with Gasteiger partial charge in [0.15, 0.2) is 0 Å². The van der Waals surface area contributed by atoms with Gasteiger partial charge in [-0.3, -0.25) is 0 Å². The van der Waals surface area contributed by atoms with E-state index in [4.69, 9.17) is 19.9 Å². The summed E-state index contributed by atoms with van der Waals surface area (Å²) >= 11 is 3.51. The minimum atomic E-state index is -0.0368. The van der Waals surface area contributed by atoms with Gasteiger partial charge in [0.25, 0.3) is 0 Å². The van der Waals surface area contributed by atoms with E-state index in [9.17, 15) is 0 Å². The van der Waals surface area contributed by atoms with Crippen LogP contribution in [0.5, 0.6) is 5.75 Å². The number of halogens is 1. The summed E-state index contributed by atoms with van der Waals surface area (Å²) in [5.41, 5.74) is 7.14. The van der Waals surface area contributed by atoms with Gasteiger partial charge in [-0.25, -0.2) is 0 Å². The highest BCUT2D eigenvalue weighted by Crippen LogP contribution is 2.23. The SMILES string of the molecule is COCCOCC(N)Cc1cc(OC)ccc1Br. The minimum absolute atomic E-state index is 0.0368. The maximum Gasteiger partial charge on any atom is 0.119 e. The third kappa shape index (κ3) is 5.35. The van der Waals surface area contributed by atoms with Crippen molar-refractivity contribution in [2.75, 3.05) is 34.0 Å². The van der Waals surface area contributed by atoms with Crippen LogP contribution in [0.4, 0.5) is 0 Å². The van der Waals surface area contributed by atoms with Crippen molar-refractivity contribution in [3.63, 3.8) is 0 Å². The molecule has 0 aliphatic carbocycles. The van der Waals surface area contributed by atoms with E-state index >= 15 is 0 Å². The minimum Gasteiger partial charge on any atom is -0.497 e. The fourth-order valence-electron chi connectivity index (χ4n) is 1.55. The van der Waals surface area contributed by atoms with Crippen LogP contribution in [-0.2, 0) is 15.9 Å². The Balaban J connectivity index is 2.45. The Morgan fingerprint density at radius 3 is 2.72 bits per heavy atom. The summed E-state index contributed by atoms with van der Waals surface area (Å²) in [6.45, 7) is 1.69. The smallest absolute Gasteiger partial charge is 0.119 e. The van der Waals surface area contributed by atoms with E-state index in [2.05, 4.69) is 15.9 Å². The molecule has 18 heavy (non-hydrogen) atoms. The van der Waals surface area contributed by atoms with E-state index < -0.39 is 0 Å². The highest BCUT2D eigenvalue weighted by molar-refractivity contribution is 9.10. The second-order valence-corrected chi connectivity index (χ2v) is 4.84. The molecule has 0 aliphatic rings. The Bertz CT molecular complexity index is 360. The Hall–Kier alpha value is -0.620. The van der Waals surface area contributed by atoms with E-state index in [1.807, 2.05) is 18.2 Å². The molecule has 1 rings (SSSR count). The van der Waals surface area contributed by atoms with Crippen LogP contribution in [0.15, 0.2) is 22.7 Å². The van der Waals surface area contributed by atoms with E-state index in [0.717, 1.165) is 22.2 Å². The van der Waals surface area contributed by atoms with Crippen LogP contribution in [0.3, 0.4) is 0 Å². The van der Waals surface area contributed by atoms with E-state index in [1.165, 1.54) is 0 Å². The maximum absolute atomic E-state index is 6.02. The first-order valence-corrected chi connectivity index (χ1v) is 6.61. The van der Waals surface area contributed by atoms with Crippen LogP contribution < -0.4 is 10.5 Å². The molecule has 0 radical (unpaired) electrons. The maximum atomic E-state index is 6.02. The lowest BCUT2D eigenvalue weighted by Gasteiger charge is -2.14. The molecule has 102 valence electrons. The summed E-state index contributed by atoms with van der Waals surface area (Å²) in [4.78, 5) is 0. The third-order valence-electron chi connectivity index (χ3n) is 2.50. The molecule has 2 N–H and O–H groups in total. The zero-order valence-electron chi connectivity index (χ0n) is 10.8. The van der Waals surface area contributed by atoms with Crippen molar-refractivity contribution < 1.29 is 14.2 Å². The first kappa shape index (κ1) is 15.4. The summed E-state index contributed by atoms with van der Waals surface area (Å²) in [6, 6.07) is 5.82. The molecule has 1 atom stereocenters. The van der Waals surface area contributed by atoms with E-state index in [0.29, 0.717) is 19.8 Å². The topological polar surface area (TPSA) is 53.7 Å². The van der Waals surface area contributed by atoms with Crippen molar-refractivity contribution in [1.82, 2.24) is 0 Å². The number of benzene rings is 1. The molecule has 0 spiro atoms. The van der Waals surface area contributed by atoms with Crippen LogP contribution in [-0.4, -0.2) is 40.1 Å². The Morgan fingerprint density at radius 1 is 1.28 bits per heavy atom. The normalized spacial score (nSPS) is 12.4. The summed E-state index contributed by atoms with van der Waals surface area (Å²) < 4.78 is 16.5. The number of nitrogens with two attached hydrogens (primary N) is 1. The summed E-state index contributed by atoms with van der Waals surface area (Å²) in [7, 11) is 3.30. The van der Waals surface area contributed by atoms with Crippen molar-refractivity contribution in [3.05, 3.63) is 28.2 Å². The summed E-state index contributed by atoms with van der Waals surface area (Å²) in [5, 5.41) is 0. The second-order valence-electron chi connectivity index (χ2n) is 3.99. The van der Waals surface area contributed by atoms with Gasteiger partial charge in [0, 0.05) is 17.6 Å². The molecule has 0 heterocycles. The standard InChI is InChI=1S/C13H20BrNO3/c1-16-5-6-18-9-11(15)7-10-8-12(17-2)3-4-13(10)14/h3-4,8,11H,5-7,9,15H2,1-2H3. The molecule has 1 unspecified atom stereocenters. The monoisotopic (exact) mass is 317 g/mol. The van der Waals surface area contributed by atoms with Crippen LogP contribution >= 0.6 is 15.9 Å². The van der Waals surface area contributed by atoms with Crippen molar-refractivity contribution in [2.45, 2.75) is 12.5 Å². The van der Waals surface area contributed by atoms with Crippen LogP contribution in [0.2, 0.25) is 0 Å². The van der Waals surface area contributed by atoms with E-state index in [1.54, 1.807) is 14.2 Å². The largest absolute Gasteiger partial charge is 0.497 e. The van der Waals surface area contributed by atoms with Gasteiger partial charge < -0.3 is 19.9 Å². The Morgan fingerprint density at radius 2 is 2.06 bits per heavy atom. The highest BCUT2D eigenvalue weighted by atomic mass is 79.9. The molecule has 1 aromatic rings. The zero-order valence-corrected chi connectivity index (χ0v) is 12.4. The average molecular weight is 318 g/mol. The molecular formula is C13H20BrNO3. The number of methoxy groups -OCH3 is 2. The average Bonchev–Trinajstić information content (AvgIpc) is 2.37. The number of ether oxygens (including phenoxy) is 3. The van der Waals surface area contributed by atoms with Crippen molar-refractivity contribution in [2.24, 2.45) is 5.73 Å². The fraction of sp³-hybridized carbons (Fsp3) is 0.538. The van der Waals surface area contributed by atoms with Crippen LogP contribution in [0.25, 0.3) is 0 Å². The van der Waals surface area contributed by atoms with Gasteiger partial charge in [0.1, 0.15) is 5.75 Å². The lowest BCUT2D eigenvalue weighted by atomic mass is 10.1. The molecule has 1 aromatic carbocycles. The number of hydrogen-bond donors (Lipinski definition) is 1. The van der Waals surface area contributed by atoms with Gasteiger partial charge >= 0.3 is 0 Å². The molecule has 0 fully saturated rings. The number of hydrogen-bond acceptors (Lipinski definition) is 4. The van der Waals surface area contributed by atoms with Gasteiger partial charge in [0.2, 0.25) is 0 Å². The summed E-state index contributed by atoms with van der Waals surface area (Å²) in [6.07, 6.45) is 0.741. The molecule has 4 nitrogen and oxygen atoms in total. The molecule has 0 aromatic heterocycles. The molecular weight excluding hydrogens is 298 g/mol. The lowest BCUT2D eigenvalue weighted by Crippen LogP contribution is -2.29. The molecule has 0 saturated heterocycles. The van der Waals surface area contributed by atoms with Gasteiger partial charge in [0.05, 0.1) is 26.9 Å². The predicted octanol–water partition coefficient (Wildman–Crippen LogP) is 1.99. The van der Waals surface area contributed by atoms with Crippen molar-refractivity contribution in [1.29, 1.82) is 0 Å². The van der Waals surface area contributed by atoms with Crippen molar-refractivity contribution in [3.8, 4) is 5.75 Å². The lowest BCUT2D eigenvalue weighted by molar-refractivity contribution is 0.0637. The predicted molar refractivity (Wildman–Crippen MR) is 75.1 cm³/mol. The molecule has 5 heteroatoms. The second kappa shape index (κ2) is 8.48. The molecule has 0 saturated carbocycles. The fourth-order valence-corrected chi connectivity index (χ4v) is 1.96. The van der Waals surface area contributed by atoms with Crippen LogP contribution in [0.1, 0.15) is 5.56 Å². The highest BCUT2D eigenvalue weighted by Gasteiger charge is 2.08. The van der Waals surface area contributed by atoms with Gasteiger partial charge in [-0.2, -0.15) is 0 Å². The molecule has 0 bridgehead atoms. The van der Waals surface area contributed by atoms with E-state index in [-0.39, 0.29) is 6.04 Å². The Labute approximate surface area is 117 Å². The van der Waals surface area contributed by atoms with Gasteiger partial charge in [-0.1, -0.05) is 15.9 Å². The Kier molecular flexibility index (Phi) is 7.27. The summed E-state index contributed by atoms with van der Waals surface area (Å²) in [5.74, 6) is 0.834. The number of rotatable bonds is 8. The van der Waals surface area contributed by atoms with Crippen LogP contribution in [0, 0.1) is 0 Å². The zero-order chi connectivity index (χ0) is 13.4. The van der Waals surface area contributed by atoms with Gasteiger partial charge in [-0.05, 0) is 30.2 Å².